The molecule has 0 saturated carbocycles. The molecule has 1 saturated heterocycles. The van der Waals surface area contributed by atoms with Gasteiger partial charge in [-0.05, 0) is 31.9 Å². The number of hydrogen-bond donors (Lipinski definition) is 2. The molecular weight excluding hydrogens is 515 g/mol. The van der Waals surface area contributed by atoms with Crippen LogP contribution in [0.2, 0.25) is 0 Å². The van der Waals surface area contributed by atoms with E-state index in [0.717, 1.165) is 18.6 Å². The van der Waals surface area contributed by atoms with E-state index in [-0.39, 0.29) is 42.4 Å². The Morgan fingerprint density at radius 1 is 1.19 bits per heavy atom. The van der Waals surface area contributed by atoms with Gasteiger partial charge >= 0.3 is 6.61 Å². The van der Waals surface area contributed by atoms with Crippen molar-refractivity contribution in [2.45, 2.75) is 39.5 Å². The molecule has 1 aliphatic heterocycles. The summed E-state index contributed by atoms with van der Waals surface area (Å²) in [6.07, 6.45) is 1.03. The Morgan fingerprint density at radius 3 is 2.68 bits per heavy atom. The fourth-order valence-electron chi connectivity index (χ4n) is 3.63. The highest BCUT2D eigenvalue weighted by atomic mass is 127. The van der Waals surface area contributed by atoms with E-state index in [9.17, 15) is 8.78 Å². The zero-order valence-electron chi connectivity index (χ0n) is 17.8. The van der Waals surface area contributed by atoms with Crippen LogP contribution in [-0.4, -0.2) is 32.3 Å². The molecule has 2 aromatic carbocycles. The van der Waals surface area contributed by atoms with Crippen molar-refractivity contribution in [2.75, 3.05) is 19.7 Å². The molecule has 1 aliphatic rings. The highest BCUT2D eigenvalue weighted by Gasteiger charge is 2.29. The second kappa shape index (κ2) is 12.8. The summed E-state index contributed by atoms with van der Waals surface area (Å²) < 4.78 is 36.0. The van der Waals surface area contributed by atoms with Crippen LogP contribution in [0.25, 0.3) is 0 Å². The molecule has 1 fully saturated rings. The van der Waals surface area contributed by atoms with E-state index in [1.165, 1.54) is 5.56 Å². The Hall–Kier alpha value is -1.94. The lowest BCUT2D eigenvalue weighted by Gasteiger charge is -2.21. The maximum absolute atomic E-state index is 12.7. The van der Waals surface area contributed by atoms with Crippen LogP contribution in [0.5, 0.6) is 5.75 Å². The second-order valence-electron chi connectivity index (χ2n) is 7.32. The molecule has 0 amide bonds. The first-order valence-electron chi connectivity index (χ1n) is 10.3. The van der Waals surface area contributed by atoms with Gasteiger partial charge < -0.3 is 20.1 Å². The number of alkyl halides is 2. The Balaban J connectivity index is 0.00000341. The molecule has 170 valence electrons. The Labute approximate surface area is 199 Å². The number of halogens is 3. The average molecular weight is 545 g/mol. The molecule has 8 heteroatoms. The molecule has 31 heavy (non-hydrogen) atoms. The van der Waals surface area contributed by atoms with Gasteiger partial charge in [-0.15, -0.1) is 24.0 Å². The first-order valence-corrected chi connectivity index (χ1v) is 10.3. The zero-order valence-corrected chi connectivity index (χ0v) is 20.1. The number of hydrogen-bond acceptors (Lipinski definition) is 3. The summed E-state index contributed by atoms with van der Waals surface area (Å²) in [5, 5.41) is 6.59. The van der Waals surface area contributed by atoms with Crippen molar-refractivity contribution in [3.63, 3.8) is 0 Å². The standard InChI is InChI=1S/C23H29F2N3O2.HI/c1-3-26-23(28-15-19-13-16(2)9-10-20(19)30-22(24)25)27-14-18-11-12-29-21(18)17-7-5-4-6-8-17;/h4-10,13,18,21-22H,3,11-12,14-15H2,1-2H3,(H2,26,27,28);1H. The number of aryl methyl sites for hydroxylation is 1. The van der Waals surface area contributed by atoms with Gasteiger partial charge in [-0.1, -0.05) is 48.0 Å². The van der Waals surface area contributed by atoms with E-state index < -0.39 is 6.61 Å². The largest absolute Gasteiger partial charge is 0.434 e. The molecule has 5 nitrogen and oxygen atoms in total. The maximum atomic E-state index is 12.7. The SMILES string of the molecule is CCNC(=NCc1cc(C)ccc1OC(F)F)NCC1CCOC1c1ccccc1.I. The lowest BCUT2D eigenvalue weighted by Crippen LogP contribution is -2.40. The van der Waals surface area contributed by atoms with Crippen LogP contribution in [0.4, 0.5) is 8.78 Å². The highest BCUT2D eigenvalue weighted by Crippen LogP contribution is 2.33. The van der Waals surface area contributed by atoms with Gasteiger partial charge in [0.2, 0.25) is 0 Å². The normalized spacial score (nSPS) is 18.5. The zero-order chi connectivity index (χ0) is 21.3. The molecular formula is C23H30F2IN3O2. The molecule has 2 aromatic rings. The lowest BCUT2D eigenvalue weighted by atomic mass is 9.95. The minimum atomic E-state index is -2.86. The van der Waals surface area contributed by atoms with Gasteiger partial charge in [-0.3, -0.25) is 0 Å². The van der Waals surface area contributed by atoms with E-state index in [1.54, 1.807) is 12.1 Å². The number of nitrogens with one attached hydrogen (secondary N) is 2. The van der Waals surface area contributed by atoms with Gasteiger partial charge in [0, 0.05) is 31.2 Å². The third-order valence-electron chi connectivity index (χ3n) is 5.06. The fraction of sp³-hybridized carbons (Fsp3) is 0.435. The number of rotatable bonds is 8. The van der Waals surface area contributed by atoms with Crippen LogP contribution < -0.4 is 15.4 Å². The lowest BCUT2D eigenvalue weighted by molar-refractivity contribution is -0.0504. The van der Waals surface area contributed by atoms with Gasteiger partial charge in [-0.25, -0.2) is 4.99 Å². The summed E-state index contributed by atoms with van der Waals surface area (Å²) in [4.78, 5) is 4.58. The van der Waals surface area contributed by atoms with Crippen molar-refractivity contribution in [3.8, 4) is 5.75 Å². The fourth-order valence-corrected chi connectivity index (χ4v) is 3.63. The molecule has 2 atom stereocenters. The summed E-state index contributed by atoms with van der Waals surface area (Å²) in [5.74, 6) is 1.12. The minimum absolute atomic E-state index is 0. The van der Waals surface area contributed by atoms with Gasteiger partial charge in [0.15, 0.2) is 5.96 Å². The van der Waals surface area contributed by atoms with Crippen molar-refractivity contribution in [1.82, 2.24) is 10.6 Å². The third kappa shape index (κ3) is 7.60. The van der Waals surface area contributed by atoms with Crippen molar-refractivity contribution >= 4 is 29.9 Å². The van der Waals surface area contributed by atoms with Gasteiger partial charge in [0.05, 0.1) is 12.6 Å². The molecule has 0 bridgehead atoms. The summed E-state index contributed by atoms with van der Waals surface area (Å²) in [6.45, 7) is 3.41. The van der Waals surface area contributed by atoms with Crippen LogP contribution in [0.3, 0.4) is 0 Å². The molecule has 2 unspecified atom stereocenters. The molecule has 0 aliphatic carbocycles. The summed E-state index contributed by atoms with van der Waals surface area (Å²) in [6, 6.07) is 15.3. The molecule has 0 aromatic heterocycles. The third-order valence-corrected chi connectivity index (χ3v) is 5.06. The summed E-state index contributed by atoms with van der Waals surface area (Å²) in [7, 11) is 0. The smallest absolute Gasteiger partial charge is 0.387 e. The van der Waals surface area contributed by atoms with E-state index in [4.69, 9.17) is 4.74 Å². The molecule has 0 spiro atoms. The van der Waals surface area contributed by atoms with Gasteiger partial charge in [0.1, 0.15) is 5.75 Å². The number of nitrogens with zero attached hydrogens (tertiary/aromatic N) is 1. The second-order valence-corrected chi connectivity index (χ2v) is 7.32. The monoisotopic (exact) mass is 545 g/mol. The van der Waals surface area contributed by atoms with Crippen molar-refractivity contribution in [2.24, 2.45) is 10.9 Å². The number of benzene rings is 2. The first-order chi connectivity index (χ1) is 14.6. The molecule has 2 N–H and O–H groups in total. The predicted molar refractivity (Wildman–Crippen MR) is 129 cm³/mol. The minimum Gasteiger partial charge on any atom is -0.434 e. The average Bonchev–Trinajstić information content (AvgIpc) is 3.21. The van der Waals surface area contributed by atoms with Gasteiger partial charge in [-0.2, -0.15) is 8.78 Å². The van der Waals surface area contributed by atoms with Crippen molar-refractivity contribution in [3.05, 3.63) is 65.2 Å². The molecule has 0 radical (unpaired) electrons. The summed E-state index contributed by atoms with van der Waals surface area (Å²) >= 11 is 0. The Morgan fingerprint density at radius 2 is 1.97 bits per heavy atom. The van der Waals surface area contributed by atoms with Crippen LogP contribution in [0, 0.1) is 12.8 Å². The first kappa shape index (κ1) is 25.3. The van der Waals surface area contributed by atoms with Crippen molar-refractivity contribution < 1.29 is 18.3 Å². The number of aliphatic imine (C=N–C) groups is 1. The van der Waals surface area contributed by atoms with E-state index in [1.807, 2.05) is 38.1 Å². The molecule has 3 rings (SSSR count). The quantitative estimate of drug-likeness (QED) is 0.277. The Bertz CT molecular complexity index is 837. The van der Waals surface area contributed by atoms with E-state index in [0.29, 0.717) is 30.5 Å². The van der Waals surface area contributed by atoms with Gasteiger partial charge in [0.25, 0.3) is 0 Å². The maximum Gasteiger partial charge on any atom is 0.387 e. The van der Waals surface area contributed by atoms with Crippen LogP contribution >= 0.6 is 24.0 Å². The number of ether oxygens (including phenoxy) is 2. The predicted octanol–water partition coefficient (Wildman–Crippen LogP) is 5.05. The summed E-state index contributed by atoms with van der Waals surface area (Å²) in [5.41, 5.74) is 2.77. The van der Waals surface area contributed by atoms with Crippen LogP contribution in [-0.2, 0) is 11.3 Å². The topological polar surface area (TPSA) is 54.9 Å². The Kier molecular flexibility index (Phi) is 10.5. The van der Waals surface area contributed by atoms with Crippen LogP contribution in [0.1, 0.15) is 36.1 Å². The highest BCUT2D eigenvalue weighted by molar-refractivity contribution is 14.0. The molecule has 1 heterocycles. The van der Waals surface area contributed by atoms with Crippen molar-refractivity contribution in [1.29, 1.82) is 0 Å². The van der Waals surface area contributed by atoms with E-state index in [2.05, 4.69) is 32.5 Å². The van der Waals surface area contributed by atoms with E-state index >= 15 is 0 Å². The van der Waals surface area contributed by atoms with Crippen LogP contribution in [0.15, 0.2) is 53.5 Å². The number of guanidine groups is 1.